The van der Waals surface area contributed by atoms with Crippen LogP contribution in [0.5, 0.6) is 5.75 Å². The van der Waals surface area contributed by atoms with Crippen LogP contribution in [0.1, 0.15) is 109 Å². The third-order valence-corrected chi connectivity index (χ3v) is 19.1. The number of halogens is 1. The normalized spacial score (nSPS) is 23.5. The lowest BCUT2D eigenvalue weighted by molar-refractivity contribution is -0.142. The van der Waals surface area contributed by atoms with E-state index < -0.39 is 131 Å². The molecule has 454 valence electrons. The lowest BCUT2D eigenvalue weighted by atomic mass is 9.85. The highest BCUT2D eigenvalue weighted by atomic mass is 127. The number of ether oxygens (including phenoxy) is 1. The molecule has 2 aromatic rings. The Kier molecular flexibility index (Phi) is 26.5. The van der Waals surface area contributed by atoms with Gasteiger partial charge in [-0.25, -0.2) is 0 Å². The van der Waals surface area contributed by atoms with Gasteiger partial charge in [-0.15, -0.1) is 0 Å². The third-order valence-electron chi connectivity index (χ3n) is 14.9. The summed E-state index contributed by atoms with van der Waals surface area (Å²) in [7, 11) is 4.04. The van der Waals surface area contributed by atoms with E-state index in [0.717, 1.165) is 19.3 Å². The number of nitrogens with zero attached hydrogens (tertiary/aromatic N) is 4. The van der Waals surface area contributed by atoms with Gasteiger partial charge < -0.3 is 69.2 Å². The number of benzene rings is 2. The van der Waals surface area contributed by atoms with Gasteiger partial charge in [-0.05, 0) is 115 Å². The smallest absolute Gasteiger partial charge is 0.246 e. The van der Waals surface area contributed by atoms with Crippen LogP contribution in [-0.4, -0.2) is 154 Å². The first kappa shape index (κ1) is 67.4. The Hall–Kier alpha value is -6.40. The number of azide groups is 1. The van der Waals surface area contributed by atoms with Gasteiger partial charge in [0.15, 0.2) is 0 Å². The van der Waals surface area contributed by atoms with Crippen LogP contribution < -0.4 is 59.2 Å². The van der Waals surface area contributed by atoms with Crippen LogP contribution in [0.2, 0.25) is 0 Å². The maximum absolute atomic E-state index is 15.0. The molecule has 10 amide bonds. The first-order valence-electron chi connectivity index (χ1n) is 27.7. The predicted octanol–water partition coefficient (Wildman–Crippen LogP) is 1.43. The highest BCUT2D eigenvalue weighted by Gasteiger charge is 2.43. The van der Waals surface area contributed by atoms with Gasteiger partial charge in [0.25, 0.3) is 0 Å². The zero-order valence-corrected chi connectivity index (χ0v) is 50.8. The van der Waals surface area contributed by atoms with Gasteiger partial charge in [-0.2, -0.15) is 0 Å². The third kappa shape index (κ3) is 19.9. The van der Waals surface area contributed by atoms with Gasteiger partial charge in [0.05, 0.1) is 25.3 Å². The molecule has 5 rings (SSSR count). The largest absolute Gasteiger partial charge is 0.497 e. The summed E-state index contributed by atoms with van der Waals surface area (Å²) in [6.07, 6.45) is 2.21. The van der Waals surface area contributed by atoms with Crippen LogP contribution in [0, 0.1) is 9.49 Å². The lowest BCUT2D eigenvalue weighted by Gasteiger charge is -2.37. The number of nitrogens with one attached hydrogen (secondary N) is 7. The molecule has 2 aliphatic heterocycles. The van der Waals surface area contributed by atoms with Gasteiger partial charge >= 0.3 is 0 Å². The quantitative estimate of drug-likeness (QED) is 0.0294. The van der Waals surface area contributed by atoms with Crippen LogP contribution in [0.25, 0.3) is 10.4 Å². The van der Waals surface area contributed by atoms with Gasteiger partial charge in [-0.3, -0.25) is 47.9 Å². The molecule has 0 bridgehead atoms. The highest BCUT2D eigenvalue weighted by molar-refractivity contribution is 14.1. The SMILES string of the molecule is CC[C@H](C)[C@@H]1NC(=O)[C@H](Cc2ccc(OC)cc2)NC(=O)CC2(CCCCC2)SSC[C@@H](C(=O)N2CCC[C@H]2C(=O)N[C@@H](CCCN)C(=O)N[C@@H](Cc2ccc(N=[N+]=[N-])c(I)c2)C(N)=O)NC(=O)[C@H](CC(N)=O)NC(=O)[C@H]([C@@H](C)O)NC1=O. The molecule has 2 heterocycles. The minimum atomic E-state index is -1.77. The first-order chi connectivity index (χ1) is 39.5. The molecule has 0 aromatic heterocycles. The number of hydrogen-bond donors (Lipinski definition) is 11. The summed E-state index contributed by atoms with van der Waals surface area (Å²) in [4.78, 5) is 145. The van der Waals surface area contributed by atoms with Crippen LogP contribution in [0.3, 0.4) is 0 Å². The standard InChI is InChI=1S/C54H77IN14O12S2/c1-5-29(2)44-51(78)66-45(30(3)70)52(79)63-39(26-42(57)71)48(75)64-40(28-82-83-54(19-7-6-8-20-54)27-43(72)60-38(49(76)65-44)24-31-13-16-33(81-4)17-14-31)53(80)69-22-10-12-41(69)50(77)61-36(11-9-21-56)47(74)62-37(46(58)73)25-32-15-18-35(67-68-59)34(55)23-32/h13-18,23,29-30,36-41,44-45,70H,5-12,19-22,24-28,56H2,1-4H3,(H2,57,71)(H2,58,73)(H,60,72)(H,61,77)(H,62,74)(H,63,79)(H,64,75)(H,65,76)(H,66,78)/t29-,30+,36-,37-,38-,39-,40-,41-,44-,45-/m0/s1. The fourth-order valence-electron chi connectivity index (χ4n) is 10.1. The molecular formula is C54H77IN14O12S2. The number of likely N-dealkylation sites (tertiary alicyclic amines) is 1. The van der Waals surface area contributed by atoms with Crippen molar-refractivity contribution in [1.29, 1.82) is 0 Å². The number of primary amides is 2. The Bertz CT molecular complexity index is 2710. The molecule has 26 nitrogen and oxygen atoms in total. The van der Waals surface area contributed by atoms with E-state index in [2.05, 4.69) is 47.2 Å². The second-order valence-electron chi connectivity index (χ2n) is 21.2. The molecule has 3 aliphatic rings. The molecule has 83 heavy (non-hydrogen) atoms. The Morgan fingerprint density at radius 3 is 2.16 bits per heavy atom. The summed E-state index contributed by atoms with van der Waals surface area (Å²) in [5, 5.41) is 33.3. The summed E-state index contributed by atoms with van der Waals surface area (Å²) in [6, 6.07) is 0.607. The summed E-state index contributed by atoms with van der Waals surface area (Å²) in [5.41, 5.74) is 27.7. The van der Waals surface area contributed by atoms with Crippen molar-refractivity contribution in [2.75, 3.05) is 26.0 Å². The highest BCUT2D eigenvalue weighted by Crippen LogP contribution is 2.48. The van der Waals surface area contributed by atoms with Crippen LogP contribution >= 0.6 is 44.2 Å². The summed E-state index contributed by atoms with van der Waals surface area (Å²) in [6.45, 7) is 4.86. The van der Waals surface area contributed by atoms with E-state index in [-0.39, 0.29) is 57.4 Å². The zero-order valence-electron chi connectivity index (χ0n) is 47.0. The predicted molar refractivity (Wildman–Crippen MR) is 320 cm³/mol. The molecule has 29 heteroatoms. The number of amides is 10. The van der Waals surface area contributed by atoms with Crippen LogP contribution in [-0.2, 0) is 60.8 Å². The zero-order chi connectivity index (χ0) is 61.0. The van der Waals surface area contributed by atoms with E-state index >= 15 is 4.79 Å². The van der Waals surface area contributed by atoms with E-state index in [0.29, 0.717) is 51.8 Å². The molecule has 2 aromatic carbocycles. The number of aliphatic hydroxyl groups is 1. The molecule has 14 N–H and O–H groups in total. The van der Waals surface area contributed by atoms with E-state index in [4.69, 9.17) is 27.5 Å². The molecular weight excluding hydrogens is 1230 g/mol. The lowest BCUT2D eigenvalue weighted by Crippen LogP contribution is -2.63. The number of carbonyl (C=O) groups is 10. The van der Waals surface area contributed by atoms with Crippen molar-refractivity contribution in [2.24, 2.45) is 28.2 Å². The number of nitrogens with two attached hydrogens (primary N) is 3. The van der Waals surface area contributed by atoms with Gasteiger partial charge in [0.1, 0.15) is 54.1 Å². The van der Waals surface area contributed by atoms with Crippen molar-refractivity contribution >= 4 is 109 Å². The number of rotatable bonds is 20. The molecule has 1 aliphatic carbocycles. The van der Waals surface area contributed by atoms with Crippen molar-refractivity contribution in [3.63, 3.8) is 0 Å². The Labute approximate surface area is 503 Å². The molecule has 0 radical (unpaired) electrons. The van der Waals surface area contributed by atoms with Crippen LogP contribution in [0.15, 0.2) is 47.6 Å². The number of methoxy groups -OCH3 is 1. The number of hydrogen-bond acceptors (Lipinski definition) is 16. The van der Waals surface area contributed by atoms with Crippen LogP contribution in [0.4, 0.5) is 5.69 Å². The van der Waals surface area contributed by atoms with E-state index in [1.165, 1.54) is 40.5 Å². The Morgan fingerprint density at radius 2 is 1.54 bits per heavy atom. The van der Waals surface area contributed by atoms with Crippen molar-refractivity contribution in [1.82, 2.24) is 42.1 Å². The van der Waals surface area contributed by atoms with Crippen molar-refractivity contribution in [3.8, 4) is 5.75 Å². The summed E-state index contributed by atoms with van der Waals surface area (Å²) < 4.78 is 5.18. The fourth-order valence-corrected chi connectivity index (χ4v) is 14.1. The Balaban J connectivity index is 1.48. The van der Waals surface area contributed by atoms with Crippen molar-refractivity contribution in [2.45, 2.75) is 170 Å². The fraction of sp³-hybridized carbons (Fsp3) is 0.593. The first-order valence-corrected chi connectivity index (χ1v) is 31.1. The number of carbonyl (C=O) groups excluding carboxylic acids is 10. The van der Waals surface area contributed by atoms with Crippen molar-refractivity contribution < 1.29 is 57.8 Å². The van der Waals surface area contributed by atoms with Crippen molar-refractivity contribution in [3.05, 3.63) is 67.6 Å². The monoisotopic (exact) mass is 1300 g/mol. The summed E-state index contributed by atoms with van der Waals surface area (Å²) in [5.74, 6) is -8.45. The second-order valence-corrected chi connectivity index (χ2v) is 25.1. The maximum atomic E-state index is 15.0. The van der Waals surface area contributed by atoms with E-state index in [9.17, 15) is 48.3 Å². The summed E-state index contributed by atoms with van der Waals surface area (Å²) >= 11 is 1.97. The maximum Gasteiger partial charge on any atom is 0.246 e. The average Bonchev–Trinajstić information content (AvgIpc) is 4.24. The van der Waals surface area contributed by atoms with Gasteiger partial charge in [0, 0.05) is 44.8 Å². The molecule has 2 saturated heterocycles. The van der Waals surface area contributed by atoms with Gasteiger partial charge in [0.2, 0.25) is 59.1 Å². The molecule has 0 unspecified atom stereocenters. The minimum Gasteiger partial charge on any atom is -0.497 e. The minimum absolute atomic E-state index is 0.0135. The molecule has 10 atom stereocenters. The topological polar surface area (TPSA) is 414 Å². The Morgan fingerprint density at radius 1 is 0.880 bits per heavy atom. The second kappa shape index (κ2) is 32.6. The molecule has 3 fully saturated rings. The average molecular weight is 1310 g/mol. The van der Waals surface area contributed by atoms with E-state index in [1.807, 2.05) is 22.6 Å². The number of aliphatic hydroxyl groups excluding tert-OH is 1. The van der Waals surface area contributed by atoms with Gasteiger partial charge in [-0.1, -0.05) is 90.5 Å². The molecule has 1 saturated carbocycles. The molecule has 1 spiro atoms. The van der Waals surface area contributed by atoms with E-state index in [1.54, 1.807) is 56.3 Å².